The van der Waals surface area contributed by atoms with Gasteiger partial charge in [-0.05, 0) is 19.3 Å². The normalized spacial score (nSPS) is 19.5. The first-order valence-electron chi connectivity index (χ1n) is 6.88. The predicted molar refractivity (Wildman–Crippen MR) is 71.3 cm³/mol. The van der Waals surface area contributed by atoms with Crippen LogP contribution in [0.4, 0.5) is 0 Å². The molecule has 1 saturated carbocycles. The molecule has 0 amide bonds. The van der Waals surface area contributed by atoms with E-state index in [4.69, 9.17) is 11.1 Å². The standard InChI is InChI=1S/C13H27N3O/c1-2-11(10-13(14)15)16(8-9-17)12-6-4-3-5-7-12/h11-12,17H,2-10H2,1H3,(H3,14,15). The Balaban J connectivity index is 2.62. The Labute approximate surface area is 105 Å². The summed E-state index contributed by atoms with van der Waals surface area (Å²) >= 11 is 0. The molecule has 4 heteroatoms. The van der Waals surface area contributed by atoms with E-state index in [9.17, 15) is 5.11 Å². The molecule has 0 radical (unpaired) electrons. The Morgan fingerprint density at radius 1 is 1.41 bits per heavy atom. The highest BCUT2D eigenvalue weighted by Gasteiger charge is 2.26. The van der Waals surface area contributed by atoms with Crippen LogP contribution in [0.15, 0.2) is 0 Å². The molecule has 0 saturated heterocycles. The summed E-state index contributed by atoms with van der Waals surface area (Å²) in [6, 6.07) is 0.906. The van der Waals surface area contributed by atoms with Crippen molar-refractivity contribution in [1.82, 2.24) is 4.90 Å². The first-order valence-corrected chi connectivity index (χ1v) is 6.88. The minimum Gasteiger partial charge on any atom is -0.395 e. The van der Waals surface area contributed by atoms with E-state index in [1.54, 1.807) is 0 Å². The van der Waals surface area contributed by atoms with Crippen LogP contribution in [0.25, 0.3) is 0 Å². The van der Waals surface area contributed by atoms with Gasteiger partial charge >= 0.3 is 0 Å². The molecule has 0 heterocycles. The molecule has 1 fully saturated rings. The van der Waals surface area contributed by atoms with Crippen LogP contribution in [0.2, 0.25) is 0 Å². The van der Waals surface area contributed by atoms with Crippen LogP contribution < -0.4 is 5.73 Å². The topological polar surface area (TPSA) is 73.3 Å². The number of nitrogens with one attached hydrogen (secondary N) is 1. The van der Waals surface area contributed by atoms with Gasteiger partial charge in [-0.25, -0.2) is 0 Å². The second-order valence-electron chi connectivity index (χ2n) is 5.04. The summed E-state index contributed by atoms with van der Waals surface area (Å²) in [6.45, 7) is 3.06. The average Bonchev–Trinajstić information content (AvgIpc) is 2.34. The van der Waals surface area contributed by atoms with E-state index >= 15 is 0 Å². The van der Waals surface area contributed by atoms with Crippen molar-refractivity contribution in [3.8, 4) is 0 Å². The highest BCUT2D eigenvalue weighted by molar-refractivity contribution is 5.77. The Bertz CT molecular complexity index is 227. The van der Waals surface area contributed by atoms with Crippen LogP contribution >= 0.6 is 0 Å². The molecule has 100 valence electrons. The van der Waals surface area contributed by atoms with Crippen LogP contribution in [0.5, 0.6) is 0 Å². The van der Waals surface area contributed by atoms with Gasteiger partial charge in [-0.2, -0.15) is 0 Å². The fraction of sp³-hybridized carbons (Fsp3) is 0.923. The summed E-state index contributed by atoms with van der Waals surface area (Å²) in [6.07, 6.45) is 8.02. The molecule has 0 aliphatic heterocycles. The number of nitrogens with two attached hydrogens (primary N) is 1. The van der Waals surface area contributed by atoms with E-state index in [2.05, 4.69) is 11.8 Å². The Kier molecular flexibility index (Phi) is 6.52. The smallest absolute Gasteiger partial charge is 0.0921 e. The largest absolute Gasteiger partial charge is 0.395 e. The summed E-state index contributed by atoms with van der Waals surface area (Å²) in [5.74, 6) is 0.260. The van der Waals surface area contributed by atoms with Gasteiger partial charge in [-0.15, -0.1) is 0 Å². The van der Waals surface area contributed by atoms with Crippen LogP contribution in [-0.4, -0.2) is 41.1 Å². The maximum atomic E-state index is 9.22. The monoisotopic (exact) mass is 241 g/mol. The number of hydrogen-bond donors (Lipinski definition) is 3. The Morgan fingerprint density at radius 3 is 2.53 bits per heavy atom. The van der Waals surface area contributed by atoms with Crippen LogP contribution in [0, 0.1) is 5.41 Å². The zero-order valence-electron chi connectivity index (χ0n) is 11.0. The zero-order valence-corrected chi connectivity index (χ0v) is 11.0. The van der Waals surface area contributed by atoms with E-state index < -0.39 is 0 Å². The predicted octanol–water partition coefficient (Wildman–Crippen LogP) is 1.72. The number of aliphatic hydroxyl groups excluding tert-OH is 1. The molecule has 4 N–H and O–H groups in total. The van der Waals surface area contributed by atoms with Gasteiger partial charge in [0, 0.05) is 25.0 Å². The minimum atomic E-state index is 0.199. The molecule has 0 aromatic carbocycles. The quantitative estimate of drug-likeness (QED) is 0.469. The van der Waals surface area contributed by atoms with Gasteiger partial charge in [0.15, 0.2) is 0 Å². The fourth-order valence-corrected chi connectivity index (χ4v) is 2.94. The summed E-state index contributed by atoms with van der Waals surface area (Å²) in [7, 11) is 0. The summed E-state index contributed by atoms with van der Waals surface area (Å²) < 4.78 is 0. The Morgan fingerprint density at radius 2 is 2.06 bits per heavy atom. The molecule has 4 nitrogen and oxygen atoms in total. The third-order valence-corrected chi connectivity index (χ3v) is 3.80. The lowest BCUT2D eigenvalue weighted by Gasteiger charge is -2.39. The molecule has 1 aliphatic rings. The number of hydrogen-bond acceptors (Lipinski definition) is 3. The van der Waals surface area contributed by atoms with Crippen molar-refractivity contribution >= 4 is 5.84 Å². The summed E-state index contributed by atoms with van der Waals surface area (Å²) in [4.78, 5) is 2.39. The SMILES string of the molecule is CCC(CC(=N)N)N(CCO)C1CCCCC1. The number of nitrogens with zero attached hydrogens (tertiary/aromatic N) is 1. The lowest BCUT2D eigenvalue weighted by atomic mass is 9.92. The molecule has 1 aliphatic carbocycles. The average molecular weight is 241 g/mol. The molecule has 1 unspecified atom stereocenters. The maximum absolute atomic E-state index is 9.22. The van der Waals surface area contributed by atoms with E-state index in [1.165, 1.54) is 32.1 Å². The number of aliphatic hydroxyl groups is 1. The van der Waals surface area contributed by atoms with Crippen molar-refractivity contribution < 1.29 is 5.11 Å². The first kappa shape index (κ1) is 14.5. The molecule has 0 aromatic heterocycles. The van der Waals surface area contributed by atoms with Gasteiger partial charge in [-0.3, -0.25) is 10.3 Å². The van der Waals surface area contributed by atoms with Gasteiger partial charge in [0.1, 0.15) is 0 Å². The third kappa shape index (κ3) is 4.64. The first-order chi connectivity index (χ1) is 8.19. The van der Waals surface area contributed by atoms with Crippen molar-refractivity contribution in [3.63, 3.8) is 0 Å². The molecule has 1 atom stereocenters. The lowest BCUT2D eigenvalue weighted by molar-refractivity contribution is 0.0806. The summed E-state index contributed by atoms with van der Waals surface area (Å²) in [5.41, 5.74) is 5.53. The maximum Gasteiger partial charge on any atom is 0.0921 e. The molecule has 17 heavy (non-hydrogen) atoms. The van der Waals surface area contributed by atoms with Crippen LogP contribution in [-0.2, 0) is 0 Å². The van der Waals surface area contributed by atoms with Gasteiger partial charge < -0.3 is 10.8 Å². The van der Waals surface area contributed by atoms with Crippen molar-refractivity contribution in [2.45, 2.75) is 64.0 Å². The molecule has 0 aromatic rings. The molecule has 0 bridgehead atoms. The van der Waals surface area contributed by atoms with Gasteiger partial charge in [0.2, 0.25) is 0 Å². The van der Waals surface area contributed by atoms with Crippen molar-refractivity contribution in [1.29, 1.82) is 5.41 Å². The van der Waals surface area contributed by atoms with Crippen molar-refractivity contribution in [3.05, 3.63) is 0 Å². The van der Waals surface area contributed by atoms with Crippen molar-refractivity contribution in [2.75, 3.05) is 13.2 Å². The highest BCUT2D eigenvalue weighted by atomic mass is 16.3. The van der Waals surface area contributed by atoms with E-state index in [0.29, 0.717) is 18.5 Å². The van der Waals surface area contributed by atoms with E-state index in [0.717, 1.165) is 13.0 Å². The van der Waals surface area contributed by atoms with Crippen molar-refractivity contribution in [2.24, 2.45) is 5.73 Å². The van der Waals surface area contributed by atoms with Gasteiger partial charge in [0.05, 0.1) is 12.4 Å². The zero-order chi connectivity index (χ0) is 12.7. The van der Waals surface area contributed by atoms with Gasteiger partial charge in [-0.1, -0.05) is 26.2 Å². The summed E-state index contributed by atoms with van der Waals surface area (Å²) in [5, 5.41) is 16.7. The molecular formula is C13H27N3O. The molecule has 1 rings (SSSR count). The second kappa shape index (κ2) is 7.67. The molecule has 0 spiro atoms. The van der Waals surface area contributed by atoms with E-state index in [1.807, 2.05) is 0 Å². The second-order valence-corrected chi connectivity index (χ2v) is 5.04. The molecular weight excluding hydrogens is 214 g/mol. The third-order valence-electron chi connectivity index (χ3n) is 3.80. The lowest BCUT2D eigenvalue weighted by Crippen LogP contribution is -2.46. The highest BCUT2D eigenvalue weighted by Crippen LogP contribution is 2.25. The Hall–Kier alpha value is -0.610. The fourth-order valence-electron chi connectivity index (χ4n) is 2.94. The number of rotatable bonds is 7. The minimum absolute atomic E-state index is 0.199. The van der Waals surface area contributed by atoms with E-state index in [-0.39, 0.29) is 12.4 Å². The van der Waals surface area contributed by atoms with Crippen LogP contribution in [0.1, 0.15) is 51.9 Å². The van der Waals surface area contributed by atoms with Gasteiger partial charge in [0.25, 0.3) is 0 Å². The van der Waals surface area contributed by atoms with Crippen LogP contribution in [0.3, 0.4) is 0 Å². The number of amidine groups is 1.